The smallest absolute Gasteiger partial charge is 0.246 e. The monoisotopic (exact) mass is 264 g/mol. The van der Waals surface area contributed by atoms with E-state index < -0.39 is 7.44 Å². The Morgan fingerprint density at radius 3 is 1.94 bits per heavy atom. The molecule has 0 spiro atoms. The van der Waals surface area contributed by atoms with Crippen molar-refractivity contribution in [2.45, 2.75) is 38.8 Å². The molecule has 0 radical (unpaired) electrons. The van der Waals surface area contributed by atoms with Crippen molar-refractivity contribution in [3.05, 3.63) is 30.3 Å². The highest BCUT2D eigenvalue weighted by Gasteiger charge is 2.57. The molecule has 2 aliphatic rings. The fourth-order valence-corrected chi connectivity index (χ4v) is 6.23. The third-order valence-electron chi connectivity index (χ3n) is 4.10. The van der Waals surface area contributed by atoms with Crippen molar-refractivity contribution in [3.8, 4) is 0 Å². The zero-order valence-corrected chi connectivity index (χ0v) is 12.0. The molecule has 2 heterocycles. The van der Waals surface area contributed by atoms with Gasteiger partial charge in [-0.2, -0.15) is 0 Å². The van der Waals surface area contributed by atoms with Gasteiger partial charge in [0.05, 0.1) is 0 Å². The second-order valence-electron chi connectivity index (χ2n) is 5.25. The van der Waals surface area contributed by atoms with Gasteiger partial charge in [-0.3, -0.25) is 4.57 Å². The number of nitrogens with zero attached hydrogens (tertiary/aromatic N) is 2. The van der Waals surface area contributed by atoms with E-state index in [1.807, 2.05) is 30.3 Å². The van der Waals surface area contributed by atoms with E-state index in [-0.39, 0.29) is 0 Å². The molecule has 98 valence electrons. The summed E-state index contributed by atoms with van der Waals surface area (Å²) in [6.07, 6.45) is 2.20. The SMILES string of the molecule is CC[C@H]1CN1P(=O)(c1ccccc1)N1C[C@@H]1CC. The van der Waals surface area contributed by atoms with Crippen LogP contribution < -0.4 is 5.30 Å². The predicted octanol–water partition coefficient (Wildman–Crippen LogP) is 2.69. The van der Waals surface area contributed by atoms with Crippen LogP contribution in [-0.4, -0.2) is 34.5 Å². The molecule has 4 atom stereocenters. The molecule has 3 nitrogen and oxygen atoms in total. The van der Waals surface area contributed by atoms with Crippen molar-refractivity contribution >= 4 is 12.7 Å². The van der Waals surface area contributed by atoms with Gasteiger partial charge >= 0.3 is 0 Å². The summed E-state index contributed by atoms with van der Waals surface area (Å²) in [5.41, 5.74) is 0. The summed E-state index contributed by atoms with van der Waals surface area (Å²) < 4.78 is 18.0. The Kier molecular flexibility index (Phi) is 3.09. The molecule has 0 saturated carbocycles. The average molecular weight is 264 g/mol. The summed E-state index contributed by atoms with van der Waals surface area (Å²) in [5, 5.41) is 1.01. The van der Waals surface area contributed by atoms with Gasteiger partial charge in [-0.05, 0) is 25.0 Å². The first-order chi connectivity index (χ1) is 8.71. The lowest BCUT2D eigenvalue weighted by Gasteiger charge is -2.22. The second kappa shape index (κ2) is 4.48. The molecule has 1 aromatic carbocycles. The first-order valence-corrected chi connectivity index (χ1v) is 8.53. The Morgan fingerprint density at radius 1 is 1.06 bits per heavy atom. The van der Waals surface area contributed by atoms with Gasteiger partial charge in [0.25, 0.3) is 0 Å². The largest absolute Gasteiger partial charge is 0.283 e. The summed E-state index contributed by atoms with van der Waals surface area (Å²) in [4.78, 5) is 0. The van der Waals surface area contributed by atoms with Gasteiger partial charge in [0.2, 0.25) is 7.44 Å². The summed E-state index contributed by atoms with van der Waals surface area (Å²) in [6.45, 7) is 6.35. The fraction of sp³-hybridized carbons (Fsp3) is 0.571. The van der Waals surface area contributed by atoms with Gasteiger partial charge in [-0.25, -0.2) is 9.34 Å². The number of rotatable bonds is 5. The van der Waals surface area contributed by atoms with Crippen molar-refractivity contribution in [1.82, 2.24) is 9.34 Å². The Balaban J connectivity index is 1.93. The van der Waals surface area contributed by atoms with Crippen molar-refractivity contribution in [1.29, 1.82) is 0 Å². The van der Waals surface area contributed by atoms with Gasteiger partial charge < -0.3 is 0 Å². The lowest BCUT2D eigenvalue weighted by Crippen LogP contribution is -2.19. The number of hydrogen-bond donors (Lipinski definition) is 0. The van der Waals surface area contributed by atoms with Gasteiger partial charge in [0, 0.05) is 30.5 Å². The standard InChI is InChI=1S/C14H21N2OP/c1-3-12-10-15(12)18(17,16-11-13(16)4-2)14-8-6-5-7-9-14/h5-9,12-13H,3-4,10-11H2,1-2H3/t12-,13-,15?,16?,18?/m0/s1. The molecule has 2 saturated heterocycles. The van der Waals surface area contributed by atoms with Crippen LogP contribution in [0.5, 0.6) is 0 Å². The Morgan fingerprint density at radius 2 is 1.56 bits per heavy atom. The lowest BCUT2D eigenvalue weighted by molar-refractivity contribution is 0.508. The molecule has 0 aromatic heterocycles. The zero-order valence-electron chi connectivity index (χ0n) is 11.1. The highest BCUT2D eigenvalue weighted by molar-refractivity contribution is 7.67. The summed E-state index contributed by atoms with van der Waals surface area (Å²) >= 11 is 0. The first kappa shape index (κ1) is 12.4. The van der Waals surface area contributed by atoms with Crippen LogP contribution in [-0.2, 0) is 4.57 Å². The molecule has 0 aliphatic carbocycles. The van der Waals surface area contributed by atoms with Crippen molar-refractivity contribution in [2.75, 3.05) is 13.1 Å². The number of hydrogen-bond acceptors (Lipinski definition) is 1. The highest BCUT2D eigenvalue weighted by Crippen LogP contribution is 2.64. The summed E-state index contributed by atoms with van der Waals surface area (Å²) in [6, 6.07) is 11.1. The maximum atomic E-state index is 13.5. The van der Waals surface area contributed by atoms with Crippen molar-refractivity contribution in [2.24, 2.45) is 0 Å². The molecule has 18 heavy (non-hydrogen) atoms. The molecule has 2 aliphatic heterocycles. The quantitative estimate of drug-likeness (QED) is 0.603. The van der Waals surface area contributed by atoms with E-state index in [9.17, 15) is 4.57 Å². The summed E-state index contributed by atoms with van der Waals surface area (Å²) in [7, 11) is -2.47. The second-order valence-corrected chi connectivity index (χ2v) is 7.88. The van der Waals surface area contributed by atoms with Crippen LogP contribution in [0.15, 0.2) is 30.3 Å². The molecule has 3 rings (SSSR count). The minimum absolute atomic E-state index is 0.522. The first-order valence-electron chi connectivity index (χ1n) is 6.91. The average Bonchev–Trinajstić information content (AvgIpc) is 3.30. The van der Waals surface area contributed by atoms with E-state index in [1.54, 1.807) is 0 Å². The van der Waals surface area contributed by atoms with Crippen LogP contribution in [0, 0.1) is 0 Å². The topological polar surface area (TPSA) is 23.1 Å². The molecular weight excluding hydrogens is 243 g/mol. The molecular formula is C14H21N2OP. The van der Waals surface area contributed by atoms with Crippen LogP contribution in [0.3, 0.4) is 0 Å². The maximum absolute atomic E-state index is 13.5. The Bertz CT molecular complexity index is 454. The van der Waals surface area contributed by atoms with Crippen LogP contribution in [0.4, 0.5) is 0 Å². The van der Waals surface area contributed by atoms with Crippen LogP contribution in [0.2, 0.25) is 0 Å². The third kappa shape index (κ3) is 1.85. The minimum atomic E-state index is -2.47. The molecule has 4 heteroatoms. The highest BCUT2D eigenvalue weighted by atomic mass is 31.2. The molecule has 2 fully saturated rings. The van der Waals surface area contributed by atoms with Gasteiger partial charge in [0.15, 0.2) is 0 Å². The Labute approximate surface area is 109 Å². The Hall–Kier alpha value is -0.630. The summed E-state index contributed by atoms with van der Waals surface area (Å²) in [5.74, 6) is 0. The van der Waals surface area contributed by atoms with E-state index in [1.165, 1.54) is 0 Å². The molecule has 0 bridgehead atoms. The van der Waals surface area contributed by atoms with Gasteiger partial charge in [-0.1, -0.05) is 32.0 Å². The van der Waals surface area contributed by atoms with Crippen molar-refractivity contribution < 1.29 is 4.57 Å². The minimum Gasteiger partial charge on any atom is -0.283 e. The lowest BCUT2D eigenvalue weighted by atomic mass is 10.4. The van der Waals surface area contributed by atoms with Gasteiger partial charge in [-0.15, -0.1) is 0 Å². The fourth-order valence-electron chi connectivity index (χ4n) is 2.75. The van der Waals surface area contributed by atoms with E-state index in [0.29, 0.717) is 12.1 Å². The van der Waals surface area contributed by atoms with E-state index in [4.69, 9.17) is 0 Å². The van der Waals surface area contributed by atoms with E-state index >= 15 is 0 Å². The normalized spacial score (nSPS) is 37.0. The predicted molar refractivity (Wildman–Crippen MR) is 75.3 cm³/mol. The van der Waals surface area contributed by atoms with Crippen LogP contribution in [0.25, 0.3) is 0 Å². The zero-order chi connectivity index (χ0) is 12.8. The molecule has 0 amide bonds. The third-order valence-corrected chi connectivity index (χ3v) is 7.45. The van der Waals surface area contributed by atoms with Gasteiger partial charge in [0.1, 0.15) is 0 Å². The van der Waals surface area contributed by atoms with Crippen LogP contribution in [0.1, 0.15) is 26.7 Å². The molecule has 1 aromatic rings. The van der Waals surface area contributed by atoms with Crippen LogP contribution >= 0.6 is 7.44 Å². The van der Waals surface area contributed by atoms with E-state index in [0.717, 1.165) is 31.2 Å². The van der Waals surface area contributed by atoms with Crippen molar-refractivity contribution in [3.63, 3.8) is 0 Å². The number of benzene rings is 1. The molecule has 2 unspecified atom stereocenters. The molecule has 0 N–H and O–H groups in total. The maximum Gasteiger partial charge on any atom is 0.246 e. The van der Waals surface area contributed by atoms with E-state index in [2.05, 4.69) is 23.2 Å².